The number of halogens is 1. The molecule has 0 radical (unpaired) electrons. The van der Waals surface area contributed by atoms with Crippen LogP contribution in [-0.4, -0.2) is 34.6 Å². The smallest absolute Gasteiger partial charge is 0.251 e. The van der Waals surface area contributed by atoms with Gasteiger partial charge in [0.1, 0.15) is 11.3 Å². The maximum atomic E-state index is 14.8. The third-order valence-electron chi connectivity index (χ3n) is 5.86. The molecule has 0 fully saturated rings. The van der Waals surface area contributed by atoms with Crippen LogP contribution in [0.15, 0.2) is 60.9 Å². The van der Waals surface area contributed by atoms with Crippen LogP contribution in [0.5, 0.6) is 5.75 Å². The number of para-hydroxylation sites is 1. The zero-order valence-corrected chi connectivity index (χ0v) is 18.8. The molecule has 0 saturated heterocycles. The highest BCUT2D eigenvalue weighted by Gasteiger charge is 2.33. The number of carbonyl (C=O) groups is 1. The van der Waals surface area contributed by atoms with Crippen molar-refractivity contribution in [3.05, 3.63) is 83.3 Å². The molecule has 34 heavy (non-hydrogen) atoms. The van der Waals surface area contributed by atoms with Crippen molar-refractivity contribution in [1.29, 1.82) is 0 Å². The van der Waals surface area contributed by atoms with Gasteiger partial charge in [-0.2, -0.15) is 0 Å². The molecule has 8 heteroatoms. The number of hydrogen-bond donors (Lipinski definition) is 1. The molecule has 7 nitrogen and oxygen atoms in total. The topological polar surface area (TPSA) is 86.2 Å². The van der Waals surface area contributed by atoms with E-state index in [1.165, 1.54) is 6.92 Å². The quantitative estimate of drug-likeness (QED) is 0.479. The number of rotatable bonds is 5. The number of ether oxygens (including phenoxy) is 2. The summed E-state index contributed by atoms with van der Waals surface area (Å²) in [4.78, 5) is 26.3. The molecule has 0 spiro atoms. The molecule has 1 amide bonds. The van der Waals surface area contributed by atoms with E-state index in [2.05, 4.69) is 15.3 Å². The Morgan fingerprint density at radius 1 is 1.15 bits per heavy atom. The van der Waals surface area contributed by atoms with Gasteiger partial charge in [-0.1, -0.05) is 18.2 Å². The lowest BCUT2D eigenvalue weighted by molar-refractivity contribution is -0.00467. The normalized spacial score (nSPS) is 17.3. The van der Waals surface area contributed by atoms with Crippen molar-refractivity contribution in [1.82, 2.24) is 20.3 Å². The van der Waals surface area contributed by atoms with Crippen molar-refractivity contribution >= 4 is 16.9 Å². The van der Waals surface area contributed by atoms with Gasteiger partial charge in [0, 0.05) is 11.1 Å². The molecular formula is C26H23FN4O3. The van der Waals surface area contributed by atoms with Crippen molar-refractivity contribution in [3.63, 3.8) is 0 Å². The predicted molar refractivity (Wildman–Crippen MR) is 125 cm³/mol. The Labute approximate surface area is 196 Å². The molecule has 0 unspecified atom stereocenters. The van der Waals surface area contributed by atoms with E-state index in [1.807, 2.05) is 24.3 Å². The number of nitrogens with one attached hydrogen (secondary N) is 1. The number of aromatic nitrogens is 3. The second-order valence-corrected chi connectivity index (χ2v) is 8.36. The first-order chi connectivity index (χ1) is 16.4. The van der Waals surface area contributed by atoms with Gasteiger partial charge >= 0.3 is 0 Å². The summed E-state index contributed by atoms with van der Waals surface area (Å²) in [5.74, 6) is 0.402. The molecule has 0 bridgehead atoms. The van der Waals surface area contributed by atoms with E-state index in [-0.39, 0.29) is 19.1 Å². The summed E-state index contributed by atoms with van der Waals surface area (Å²) in [5.41, 5.74) is 3.47. The number of alkyl halides is 1. The van der Waals surface area contributed by atoms with Gasteiger partial charge in [0.2, 0.25) is 0 Å². The highest BCUT2D eigenvalue weighted by molar-refractivity contribution is 5.94. The zero-order valence-electron chi connectivity index (χ0n) is 18.8. The Morgan fingerprint density at radius 2 is 2.00 bits per heavy atom. The minimum Gasteiger partial charge on any atom is -0.496 e. The van der Waals surface area contributed by atoms with E-state index in [9.17, 15) is 9.18 Å². The average molecular weight is 458 g/mol. The average Bonchev–Trinajstić information content (AvgIpc) is 2.86. The molecule has 2 aromatic carbocycles. The second kappa shape index (κ2) is 8.79. The first-order valence-electron chi connectivity index (χ1n) is 10.9. The van der Waals surface area contributed by atoms with Gasteiger partial charge < -0.3 is 14.8 Å². The first kappa shape index (κ1) is 21.9. The number of amides is 1. The van der Waals surface area contributed by atoms with E-state index < -0.39 is 5.67 Å². The number of benzene rings is 2. The summed E-state index contributed by atoms with van der Waals surface area (Å²) in [7, 11) is 1.61. The number of pyridine rings is 1. The molecule has 0 aliphatic carbocycles. The summed E-state index contributed by atoms with van der Waals surface area (Å²) in [6, 6.07) is 14.4. The van der Waals surface area contributed by atoms with E-state index in [0.29, 0.717) is 45.9 Å². The minimum absolute atomic E-state index is 0.0238. The monoisotopic (exact) mass is 458 g/mol. The summed E-state index contributed by atoms with van der Waals surface area (Å²) < 4.78 is 25.6. The fourth-order valence-corrected chi connectivity index (χ4v) is 4.07. The van der Waals surface area contributed by atoms with E-state index in [1.54, 1.807) is 43.8 Å². The Morgan fingerprint density at radius 3 is 2.85 bits per heavy atom. The van der Waals surface area contributed by atoms with Gasteiger partial charge in [-0.3, -0.25) is 14.8 Å². The van der Waals surface area contributed by atoms with Gasteiger partial charge in [0.25, 0.3) is 5.91 Å². The van der Waals surface area contributed by atoms with Crippen LogP contribution in [0.25, 0.3) is 22.3 Å². The molecular weight excluding hydrogens is 435 g/mol. The van der Waals surface area contributed by atoms with E-state index >= 15 is 0 Å². The van der Waals surface area contributed by atoms with Crippen molar-refractivity contribution in [2.24, 2.45) is 0 Å². The van der Waals surface area contributed by atoms with Crippen molar-refractivity contribution < 1.29 is 18.7 Å². The zero-order chi connectivity index (χ0) is 23.7. The van der Waals surface area contributed by atoms with Crippen molar-refractivity contribution in [3.8, 4) is 17.0 Å². The Kier molecular flexibility index (Phi) is 5.67. The molecule has 1 atom stereocenters. The number of carbonyl (C=O) groups excluding carboxylic acids is 1. The molecule has 3 heterocycles. The van der Waals surface area contributed by atoms with E-state index in [4.69, 9.17) is 14.5 Å². The first-order valence-corrected chi connectivity index (χ1v) is 10.9. The standard InChI is InChI=1S/C26H23FN4O3/c1-26(27)15-34-14-17-8-7-16(9-20(17)26)25(32)30-11-18-10-21-23(13-28-18)29-12-22(31-21)19-5-3-4-6-24(19)33-2/h3-10,12-13H,11,14-15H2,1-2H3,(H,30,32)/t26-/m1/s1. The maximum absolute atomic E-state index is 14.8. The third kappa shape index (κ3) is 4.20. The summed E-state index contributed by atoms with van der Waals surface area (Å²) in [5, 5.41) is 2.86. The van der Waals surface area contributed by atoms with Crippen LogP contribution in [0.1, 0.15) is 34.1 Å². The van der Waals surface area contributed by atoms with Gasteiger partial charge in [-0.05, 0) is 48.4 Å². The number of hydrogen-bond acceptors (Lipinski definition) is 6. The minimum atomic E-state index is -1.62. The van der Waals surface area contributed by atoms with E-state index in [0.717, 1.165) is 11.1 Å². The fraction of sp³-hybridized carbons (Fsp3) is 0.231. The van der Waals surface area contributed by atoms with Crippen LogP contribution in [0.3, 0.4) is 0 Å². The fourth-order valence-electron chi connectivity index (χ4n) is 4.07. The highest BCUT2D eigenvalue weighted by atomic mass is 19.1. The summed E-state index contributed by atoms with van der Waals surface area (Å²) in [6.45, 7) is 1.98. The molecule has 4 aromatic rings. The molecule has 172 valence electrons. The van der Waals surface area contributed by atoms with Crippen LogP contribution in [0, 0.1) is 0 Å². The van der Waals surface area contributed by atoms with Crippen LogP contribution in [-0.2, 0) is 23.6 Å². The molecule has 1 N–H and O–H groups in total. The SMILES string of the molecule is COc1ccccc1-c1cnc2cnc(CNC(=O)c3ccc4c(c3)[C@](C)(F)COC4)cc2n1. The summed E-state index contributed by atoms with van der Waals surface area (Å²) in [6.07, 6.45) is 3.31. The largest absolute Gasteiger partial charge is 0.496 e. The predicted octanol–water partition coefficient (Wildman–Crippen LogP) is 4.35. The van der Waals surface area contributed by atoms with Crippen LogP contribution in [0.2, 0.25) is 0 Å². The number of nitrogens with zero attached hydrogens (tertiary/aromatic N) is 3. The second-order valence-electron chi connectivity index (χ2n) is 8.36. The van der Waals surface area contributed by atoms with Gasteiger partial charge in [0.05, 0.1) is 56.2 Å². The molecule has 1 aliphatic heterocycles. The van der Waals surface area contributed by atoms with Crippen LogP contribution in [0.4, 0.5) is 4.39 Å². The highest BCUT2D eigenvalue weighted by Crippen LogP contribution is 2.34. The van der Waals surface area contributed by atoms with Crippen molar-refractivity contribution in [2.75, 3.05) is 13.7 Å². The molecule has 5 rings (SSSR count). The molecule has 1 aliphatic rings. The lowest BCUT2D eigenvalue weighted by Crippen LogP contribution is -2.30. The van der Waals surface area contributed by atoms with Crippen LogP contribution < -0.4 is 10.1 Å². The lowest BCUT2D eigenvalue weighted by atomic mass is 9.90. The Bertz CT molecular complexity index is 1390. The Hall–Kier alpha value is -3.91. The van der Waals surface area contributed by atoms with Crippen molar-refractivity contribution in [2.45, 2.75) is 25.7 Å². The maximum Gasteiger partial charge on any atom is 0.251 e. The van der Waals surface area contributed by atoms with Gasteiger partial charge in [-0.25, -0.2) is 9.37 Å². The van der Waals surface area contributed by atoms with Crippen LogP contribution >= 0.6 is 0 Å². The lowest BCUT2D eigenvalue weighted by Gasteiger charge is -2.29. The Balaban J connectivity index is 1.36. The van der Waals surface area contributed by atoms with Gasteiger partial charge in [-0.15, -0.1) is 0 Å². The van der Waals surface area contributed by atoms with Gasteiger partial charge in [0.15, 0.2) is 5.67 Å². The number of fused-ring (bicyclic) bond motifs is 2. The molecule has 2 aromatic heterocycles. The summed E-state index contributed by atoms with van der Waals surface area (Å²) >= 11 is 0. The molecule has 0 saturated carbocycles. The number of methoxy groups -OCH3 is 1. The third-order valence-corrected chi connectivity index (χ3v) is 5.86.